The van der Waals surface area contributed by atoms with Gasteiger partial charge in [-0.2, -0.15) is 0 Å². The van der Waals surface area contributed by atoms with E-state index in [0.717, 1.165) is 10.9 Å². The number of hydrogen-bond donors (Lipinski definition) is 0. The highest BCUT2D eigenvalue weighted by Gasteiger charge is 2.40. The predicted molar refractivity (Wildman–Crippen MR) is 70.8 cm³/mol. The van der Waals surface area contributed by atoms with Crippen LogP contribution < -0.4 is 5.56 Å². The number of rotatable bonds is 1. The van der Waals surface area contributed by atoms with Crippen molar-refractivity contribution in [1.29, 1.82) is 0 Å². The molecular weight excluding hydrogens is 248 g/mol. The van der Waals surface area contributed by atoms with E-state index in [1.54, 1.807) is 6.20 Å². The molecule has 0 N–H and O–H groups in total. The number of aryl methyl sites for hydroxylation is 1. The minimum absolute atomic E-state index is 0.129. The number of aromatic nitrogens is 1. The summed E-state index contributed by atoms with van der Waals surface area (Å²) in [4.78, 5) is 12.4. The molecule has 2 nitrogen and oxygen atoms in total. The van der Waals surface area contributed by atoms with E-state index in [-0.39, 0.29) is 24.4 Å². The molecule has 3 rings (SSSR count). The molecule has 1 heterocycles. The monoisotopic (exact) mass is 263 g/mol. The Morgan fingerprint density at radius 3 is 2.79 bits per heavy atom. The smallest absolute Gasteiger partial charge is 0.258 e. The zero-order chi connectivity index (χ0) is 13.6. The summed E-state index contributed by atoms with van der Waals surface area (Å²) in [5, 5.41) is 1.47. The van der Waals surface area contributed by atoms with Crippen LogP contribution >= 0.6 is 0 Å². The Hall–Kier alpha value is -1.71. The lowest BCUT2D eigenvalue weighted by Crippen LogP contribution is -2.24. The predicted octanol–water partition coefficient (Wildman–Crippen LogP) is 3.67. The summed E-state index contributed by atoms with van der Waals surface area (Å²) in [6.45, 7) is 1.92. The van der Waals surface area contributed by atoms with Gasteiger partial charge in [0.25, 0.3) is 5.56 Å². The molecule has 2 aromatic rings. The van der Waals surface area contributed by atoms with Crippen molar-refractivity contribution in [3.8, 4) is 0 Å². The van der Waals surface area contributed by atoms with Crippen LogP contribution in [-0.2, 0) is 0 Å². The maximum atomic E-state index is 13.3. The lowest BCUT2D eigenvalue weighted by Gasteiger charge is -2.15. The molecule has 0 spiro atoms. The molecule has 1 saturated carbocycles. The Morgan fingerprint density at radius 2 is 2.11 bits per heavy atom. The first kappa shape index (κ1) is 12.3. The highest BCUT2D eigenvalue weighted by atomic mass is 19.3. The minimum Gasteiger partial charge on any atom is -0.312 e. The summed E-state index contributed by atoms with van der Waals surface area (Å²) in [5.41, 5.74) is 0.836. The van der Waals surface area contributed by atoms with Crippen LogP contribution in [0.4, 0.5) is 8.78 Å². The Labute approximate surface area is 109 Å². The van der Waals surface area contributed by atoms with Gasteiger partial charge in [0.15, 0.2) is 0 Å². The second-order valence-corrected chi connectivity index (χ2v) is 5.37. The summed E-state index contributed by atoms with van der Waals surface area (Å²) in [6, 6.07) is 7.09. The van der Waals surface area contributed by atoms with Gasteiger partial charge < -0.3 is 4.57 Å². The van der Waals surface area contributed by atoms with Crippen molar-refractivity contribution < 1.29 is 8.78 Å². The van der Waals surface area contributed by atoms with E-state index in [0.29, 0.717) is 11.8 Å². The molecule has 1 aromatic carbocycles. The second kappa shape index (κ2) is 4.15. The van der Waals surface area contributed by atoms with Crippen molar-refractivity contribution in [3.63, 3.8) is 0 Å². The average molecular weight is 263 g/mol. The van der Waals surface area contributed by atoms with Gasteiger partial charge >= 0.3 is 0 Å². The number of pyridine rings is 1. The van der Waals surface area contributed by atoms with Crippen molar-refractivity contribution >= 4 is 10.8 Å². The minimum atomic E-state index is -2.63. The first-order valence-electron chi connectivity index (χ1n) is 6.46. The summed E-state index contributed by atoms with van der Waals surface area (Å²) in [7, 11) is 0. The number of halogens is 2. The van der Waals surface area contributed by atoms with E-state index >= 15 is 0 Å². The van der Waals surface area contributed by atoms with Crippen LogP contribution in [0, 0.1) is 6.92 Å². The molecule has 0 amide bonds. The van der Waals surface area contributed by atoms with E-state index in [1.165, 1.54) is 4.57 Å². The molecule has 1 aromatic heterocycles. The van der Waals surface area contributed by atoms with Crippen molar-refractivity contribution in [3.05, 3.63) is 46.4 Å². The van der Waals surface area contributed by atoms with Crippen molar-refractivity contribution in [1.82, 2.24) is 4.57 Å². The normalized spacial score (nSPS) is 21.9. The van der Waals surface area contributed by atoms with Gasteiger partial charge in [-0.25, -0.2) is 8.78 Å². The third kappa shape index (κ3) is 2.15. The van der Waals surface area contributed by atoms with Crippen LogP contribution in [0.25, 0.3) is 10.8 Å². The van der Waals surface area contributed by atoms with Gasteiger partial charge in [0.1, 0.15) is 0 Å². The molecule has 1 fully saturated rings. The highest BCUT2D eigenvalue weighted by molar-refractivity contribution is 5.82. The number of benzene rings is 1. The molecule has 0 saturated heterocycles. The largest absolute Gasteiger partial charge is 0.312 e. The lowest BCUT2D eigenvalue weighted by atomic mass is 10.1. The van der Waals surface area contributed by atoms with Gasteiger partial charge in [-0.3, -0.25) is 4.79 Å². The Morgan fingerprint density at radius 1 is 1.32 bits per heavy atom. The fraction of sp³-hybridized carbons (Fsp3) is 0.400. The van der Waals surface area contributed by atoms with Crippen molar-refractivity contribution in [2.24, 2.45) is 0 Å². The fourth-order valence-corrected chi connectivity index (χ4v) is 2.82. The third-order valence-electron chi connectivity index (χ3n) is 3.86. The van der Waals surface area contributed by atoms with E-state index in [2.05, 4.69) is 0 Å². The molecule has 100 valence electrons. The Kier molecular flexibility index (Phi) is 2.69. The summed E-state index contributed by atoms with van der Waals surface area (Å²) < 4.78 is 28.0. The van der Waals surface area contributed by atoms with Crippen LogP contribution in [0.3, 0.4) is 0 Å². The molecule has 0 unspecified atom stereocenters. The van der Waals surface area contributed by atoms with Crippen LogP contribution in [0.15, 0.2) is 35.3 Å². The Balaban J connectivity index is 2.11. The molecule has 4 heteroatoms. The van der Waals surface area contributed by atoms with E-state index in [1.807, 2.05) is 31.2 Å². The fourth-order valence-electron chi connectivity index (χ4n) is 2.82. The average Bonchev–Trinajstić information content (AvgIpc) is 2.71. The van der Waals surface area contributed by atoms with Gasteiger partial charge in [-0.05, 0) is 30.9 Å². The molecule has 1 aliphatic carbocycles. The number of fused-ring (bicyclic) bond motifs is 1. The second-order valence-electron chi connectivity index (χ2n) is 5.37. The number of hydrogen-bond acceptors (Lipinski definition) is 1. The van der Waals surface area contributed by atoms with Gasteiger partial charge in [-0.1, -0.05) is 17.7 Å². The molecule has 0 radical (unpaired) electrons. The summed E-state index contributed by atoms with van der Waals surface area (Å²) in [6.07, 6.45) is 1.65. The van der Waals surface area contributed by atoms with Gasteiger partial charge in [0, 0.05) is 30.5 Å². The van der Waals surface area contributed by atoms with Gasteiger partial charge in [0.05, 0.1) is 0 Å². The summed E-state index contributed by atoms with van der Waals surface area (Å²) in [5.74, 6) is -2.63. The van der Waals surface area contributed by atoms with Crippen LogP contribution in [0.5, 0.6) is 0 Å². The quantitative estimate of drug-likeness (QED) is 0.769. The lowest BCUT2D eigenvalue weighted by molar-refractivity contribution is 0.00553. The van der Waals surface area contributed by atoms with Gasteiger partial charge in [0.2, 0.25) is 5.92 Å². The maximum Gasteiger partial charge on any atom is 0.258 e. The number of alkyl halides is 2. The van der Waals surface area contributed by atoms with Crippen molar-refractivity contribution in [2.45, 2.75) is 38.2 Å². The topological polar surface area (TPSA) is 22.0 Å². The SMILES string of the molecule is Cc1ccc2ccn([C@@H]3CCC(F)(F)C3)c(=O)c2c1. The van der Waals surface area contributed by atoms with Crippen LogP contribution in [-0.4, -0.2) is 10.5 Å². The van der Waals surface area contributed by atoms with Crippen LogP contribution in [0.2, 0.25) is 0 Å². The van der Waals surface area contributed by atoms with E-state index in [9.17, 15) is 13.6 Å². The van der Waals surface area contributed by atoms with E-state index < -0.39 is 5.92 Å². The van der Waals surface area contributed by atoms with E-state index in [4.69, 9.17) is 0 Å². The van der Waals surface area contributed by atoms with Crippen LogP contribution in [0.1, 0.15) is 30.9 Å². The molecular formula is C15H15F2NO. The highest BCUT2D eigenvalue weighted by Crippen LogP contribution is 2.40. The first-order chi connectivity index (χ1) is 8.96. The molecule has 1 aliphatic rings. The third-order valence-corrected chi connectivity index (χ3v) is 3.86. The number of nitrogens with zero attached hydrogens (tertiary/aromatic N) is 1. The molecule has 0 bridgehead atoms. The maximum absolute atomic E-state index is 13.3. The molecule has 0 aliphatic heterocycles. The molecule has 19 heavy (non-hydrogen) atoms. The Bertz CT molecular complexity index is 690. The van der Waals surface area contributed by atoms with Gasteiger partial charge in [-0.15, -0.1) is 0 Å². The summed E-state index contributed by atoms with van der Waals surface area (Å²) >= 11 is 0. The first-order valence-corrected chi connectivity index (χ1v) is 6.46. The zero-order valence-electron chi connectivity index (χ0n) is 10.7. The molecule has 1 atom stereocenters. The van der Waals surface area contributed by atoms with Crippen molar-refractivity contribution in [2.75, 3.05) is 0 Å². The standard InChI is InChI=1S/C15H15F2NO/c1-10-2-3-11-5-7-18(14(19)13(11)8-10)12-4-6-15(16,17)9-12/h2-3,5,7-8,12H,4,6,9H2,1H3/t12-/m1/s1. The zero-order valence-corrected chi connectivity index (χ0v) is 10.7.